The van der Waals surface area contributed by atoms with Crippen molar-refractivity contribution in [3.05, 3.63) is 22.7 Å². The molecule has 3 aliphatic heterocycles. The van der Waals surface area contributed by atoms with Gasteiger partial charge in [0.25, 0.3) is 5.91 Å². The third-order valence-electron chi connectivity index (χ3n) is 5.03. The van der Waals surface area contributed by atoms with Crippen molar-refractivity contribution in [3.8, 4) is 5.75 Å². The number of sulfonamides is 1. The third kappa shape index (κ3) is 2.65. The molecule has 2 unspecified atom stereocenters. The van der Waals surface area contributed by atoms with Gasteiger partial charge in [-0.2, -0.15) is 4.31 Å². The van der Waals surface area contributed by atoms with E-state index in [0.717, 1.165) is 5.56 Å². The van der Waals surface area contributed by atoms with Crippen molar-refractivity contribution in [2.24, 2.45) is 0 Å². The highest BCUT2D eigenvalue weighted by molar-refractivity contribution is 7.89. The number of ether oxygens (including phenoxy) is 1. The van der Waals surface area contributed by atoms with Crippen LogP contribution in [0.2, 0.25) is 5.02 Å². The molecule has 0 aromatic heterocycles. The van der Waals surface area contributed by atoms with Crippen molar-refractivity contribution < 1.29 is 22.7 Å². The molecule has 0 aliphatic carbocycles. The number of halogens is 1. The van der Waals surface area contributed by atoms with E-state index in [1.807, 2.05) is 6.92 Å². The van der Waals surface area contributed by atoms with Crippen LogP contribution in [-0.2, 0) is 21.2 Å². The molecular weight excluding hydrogens is 382 g/mol. The molecule has 1 spiro atoms. The Hall–Kier alpha value is -1.84. The maximum absolute atomic E-state index is 13.1. The van der Waals surface area contributed by atoms with Crippen LogP contribution in [0.15, 0.2) is 17.0 Å². The SMILES string of the molecule is CC1Cc2cc(S(=O)(=O)N3CCCC4(C3)NC(=O)NC4=O)cc(Cl)c2O1. The molecule has 0 bridgehead atoms. The molecule has 0 saturated carbocycles. The number of imide groups is 1. The lowest BCUT2D eigenvalue weighted by atomic mass is 9.90. The van der Waals surface area contributed by atoms with Crippen LogP contribution in [-0.4, -0.2) is 49.4 Å². The monoisotopic (exact) mass is 399 g/mol. The number of amides is 3. The molecule has 2 atom stereocenters. The molecule has 3 aliphatic rings. The highest BCUT2D eigenvalue weighted by Crippen LogP contribution is 2.39. The van der Waals surface area contributed by atoms with Gasteiger partial charge in [0.2, 0.25) is 10.0 Å². The number of rotatable bonds is 2. The summed E-state index contributed by atoms with van der Waals surface area (Å²) in [6.45, 7) is 2.06. The number of benzene rings is 1. The first-order chi connectivity index (χ1) is 12.2. The minimum Gasteiger partial charge on any atom is -0.489 e. The zero-order valence-electron chi connectivity index (χ0n) is 14.0. The molecule has 8 nitrogen and oxygen atoms in total. The lowest BCUT2D eigenvalue weighted by Crippen LogP contribution is -2.59. The van der Waals surface area contributed by atoms with Crippen LogP contribution < -0.4 is 15.4 Å². The van der Waals surface area contributed by atoms with Crippen molar-refractivity contribution in [1.82, 2.24) is 14.9 Å². The van der Waals surface area contributed by atoms with Gasteiger partial charge in [0, 0.05) is 25.1 Å². The first kappa shape index (κ1) is 17.6. The number of piperidine rings is 1. The number of nitrogens with one attached hydrogen (secondary N) is 2. The highest BCUT2D eigenvalue weighted by atomic mass is 35.5. The van der Waals surface area contributed by atoms with Gasteiger partial charge in [-0.05, 0) is 31.9 Å². The van der Waals surface area contributed by atoms with Gasteiger partial charge in [-0.25, -0.2) is 13.2 Å². The third-order valence-corrected chi connectivity index (χ3v) is 7.13. The van der Waals surface area contributed by atoms with E-state index in [4.69, 9.17) is 16.3 Å². The molecule has 140 valence electrons. The van der Waals surface area contributed by atoms with Crippen molar-refractivity contribution in [1.29, 1.82) is 0 Å². The second-order valence-corrected chi connectivity index (χ2v) is 9.30. The van der Waals surface area contributed by atoms with E-state index in [1.54, 1.807) is 6.07 Å². The predicted molar refractivity (Wildman–Crippen MR) is 92.6 cm³/mol. The molecule has 2 fully saturated rings. The molecule has 4 rings (SSSR count). The summed E-state index contributed by atoms with van der Waals surface area (Å²) in [7, 11) is -3.87. The second kappa shape index (κ2) is 5.83. The number of fused-ring (bicyclic) bond motifs is 1. The molecule has 3 amide bonds. The molecule has 1 aromatic rings. The molecule has 26 heavy (non-hydrogen) atoms. The number of hydrogen-bond acceptors (Lipinski definition) is 5. The summed E-state index contributed by atoms with van der Waals surface area (Å²) in [6, 6.07) is 2.36. The fraction of sp³-hybridized carbons (Fsp3) is 0.500. The van der Waals surface area contributed by atoms with Gasteiger partial charge in [-0.1, -0.05) is 11.6 Å². The molecule has 2 N–H and O–H groups in total. The molecular formula is C16H18ClN3O5S. The number of hydrogen-bond donors (Lipinski definition) is 2. The Morgan fingerprint density at radius 1 is 1.35 bits per heavy atom. The fourth-order valence-corrected chi connectivity index (χ4v) is 5.76. The Labute approximate surface area is 155 Å². The lowest BCUT2D eigenvalue weighted by molar-refractivity contribution is -0.125. The van der Waals surface area contributed by atoms with E-state index < -0.39 is 27.5 Å². The summed E-state index contributed by atoms with van der Waals surface area (Å²) < 4.78 is 33.1. The van der Waals surface area contributed by atoms with E-state index in [-0.39, 0.29) is 29.1 Å². The Balaban J connectivity index is 1.67. The minimum atomic E-state index is -3.87. The number of carbonyl (C=O) groups is 2. The van der Waals surface area contributed by atoms with Gasteiger partial charge in [0.1, 0.15) is 17.4 Å². The van der Waals surface area contributed by atoms with Crippen LogP contribution >= 0.6 is 11.6 Å². The average molecular weight is 400 g/mol. The van der Waals surface area contributed by atoms with Crippen LogP contribution in [0.4, 0.5) is 4.79 Å². The topological polar surface area (TPSA) is 105 Å². The van der Waals surface area contributed by atoms with E-state index in [0.29, 0.717) is 25.0 Å². The maximum atomic E-state index is 13.1. The minimum absolute atomic E-state index is 0.0592. The summed E-state index contributed by atoms with van der Waals surface area (Å²) in [5.74, 6) is 0.0345. The van der Waals surface area contributed by atoms with E-state index >= 15 is 0 Å². The molecule has 3 heterocycles. The van der Waals surface area contributed by atoms with Gasteiger partial charge >= 0.3 is 6.03 Å². The molecule has 0 radical (unpaired) electrons. The lowest BCUT2D eigenvalue weighted by Gasteiger charge is -2.37. The summed E-state index contributed by atoms with van der Waals surface area (Å²) in [6.07, 6.45) is 1.38. The zero-order valence-corrected chi connectivity index (χ0v) is 15.6. The van der Waals surface area contributed by atoms with Crippen LogP contribution in [0, 0.1) is 0 Å². The molecule has 1 aromatic carbocycles. The fourth-order valence-electron chi connectivity index (χ4n) is 3.79. The Kier molecular flexibility index (Phi) is 3.94. The summed E-state index contributed by atoms with van der Waals surface area (Å²) in [4.78, 5) is 23.7. The van der Waals surface area contributed by atoms with Gasteiger partial charge < -0.3 is 10.1 Å². The Bertz CT molecular complexity index is 919. The smallest absolute Gasteiger partial charge is 0.322 e. The highest BCUT2D eigenvalue weighted by Gasteiger charge is 2.50. The quantitative estimate of drug-likeness (QED) is 0.722. The Morgan fingerprint density at radius 2 is 2.12 bits per heavy atom. The van der Waals surface area contributed by atoms with Crippen molar-refractivity contribution in [2.75, 3.05) is 13.1 Å². The van der Waals surface area contributed by atoms with Crippen molar-refractivity contribution >= 4 is 33.6 Å². The van der Waals surface area contributed by atoms with E-state index in [2.05, 4.69) is 10.6 Å². The maximum Gasteiger partial charge on any atom is 0.322 e. The Morgan fingerprint density at radius 3 is 2.81 bits per heavy atom. The predicted octanol–water partition coefficient (Wildman–Crippen LogP) is 1.03. The van der Waals surface area contributed by atoms with Gasteiger partial charge in [-0.15, -0.1) is 0 Å². The normalized spacial score (nSPS) is 28.6. The summed E-state index contributed by atoms with van der Waals surface area (Å²) >= 11 is 6.22. The zero-order chi connectivity index (χ0) is 18.7. The van der Waals surface area contributed by atoms with E-state index in [1.165, 1.54) is 10.4 Å². The first-order valence-electron chi connectivity index (χ1n) is 8.34. The first-order valence-corrected chi connectivity index (χ1v) is 10.2. The average Bonchev–Trinajstić information content (AvgIpc) is 3.07. The van der Waals surface area contributed by atoms with Gasteiger partial charge in [0.05, 0.1) is 9.92 Å². The molecule has 2 saturated heterocycles. The van der Waals surface area contributed by atoms with Gasteiger partial charge in [0.15, 0.2) is 0 Å². The second-order valence-electron chi connectivity index (χ2n) is 6.96. The largest absolute Gasteiger partial charge is 0.489 e. The molecule has 10 heteroatoms. The summed E-state index contributed by atoms with van der Waals surface area (Å²) in [5.41, 5.74) is -0.456. The van der Waals surface area contributed by atoms with E-state index in [9.17, 15) is 18.0 Å². The van der Waals surface area contributed by atoms with Crippen LogP contribution in [0.1, 0.15) is 25.3 Å². The van der Waals surface area contributed by atoms with Crippen molar-refractivity contribution in [2.45, 2.75) is 42.7 Å². The van der Waals surface area contributed by atoms with Crippen LogP contribution in [0.25, 0.3) is 0 Å². The number of carbonyl (C=O) groups excluding carboxylic acids is 2. The van der Waals surface area contributed by atoms with Crippen molar-refractivity contribution in [3.63, 3.8) is 0 Å². The van der Waals surface area contributed by atoms with Gasteiger partial charge in [-0.3, -0.25) is 10.1 Å². The van der Waals surface area contributed by atoms with Crippen LogP contribution in [0.5, 0.6) is 5.75 Å². The summed E-state index contributed by atoms with van der Waals surface area (Å²) in [5, 5.41) is 5.02. The standard InChI is InChI=1S/C16H18ClN3O5S/c1-9-5-10-6-11(7-12(17)13(10)25-9)26(23,24)20-4-2-3-16(8-20)14(21)18-15(22)19-16/h6-7,9H,2-5,8H2,1H3,(H2,18,19,21,22). The number of urea groups is 1. The van der Waals surface area contributed by atoms with Crippen LogP contribution in [0.3, 0.4) is 0 Å². The number of nitrogens with zero attached hydrogens (tertiary/aromatic N) is 1.